The van der Waals surface area contributed by atoms with Crippen LogP contribution in [-0.4, -0.2) is 35.1 Å². The van der Waals surface area contributed by atoms with Gasteiger partial charge in [-0.05, 0) is 101 Å². The zero-order valence-corrected chi connectivity index (χ0v) is 19.4. The molecule has 0 radical (unpaired) electrons. The Bertz CT molecular complexity index is 939. The topological polar surface area (TPSA) is 47.1 Å². The first-order chi connectivity index (χ1) is 12.8. The Labute approximate surface area is 182 Å². The van der Waals surface area contributed by atoms with Gasteiger partial charge in [-0.15, -0.1) is 0 Å². The zero-order valence-electron chi connectivity index (χ0n) is 15.4. The van der Waals surface area contributed by atoms with E-state index in [1.807, 2.05) is 24.3 Å². The minimum atomic E-state index is -0.191. The van der Waals surface area contributed by atoms with Crippen molar-refractivity contribution < 1.29 is 0 Å². The summed E-state index contributed by atoms with van der Waals surface area (Å²) in [6.45, 7) is 1.87. The second-order valence-corrected chi connectivity index (χ2v) is 9.12. The average molecular weight is 515 g/mol. The number of rotatable bonds is 7. The number of benzene rings is 2. The smallest absolute Gasteiger partial charge is 0.127 e. The summed E-state index contributed by atoms with van der Waals surface area (Å²) < 4.78 is 4.28. The molecule has 0 saturated heterocycles. The molecular formula is C20H23Br2ClN4. The minimum absolute atomic E-state index is 0.191. The summed E-state index contributed by atoms with van der Waals surface area (Å²) in [5.74, 6) is 0.907. The predicted molar refractivity (Wildman–Crippen MR) is 120 cm³/mol. The highest BCUT2D eigenvalue weighted by Crippen LogP contribution is 2.28. The minimum Gasteiger partial charge on any atom is -0.327 e. The van der Waals surface area contributed by atoms with Crippen LogP contribution in [0.4, 0.5) is 0 Å². The maximum absolute atomic E-state index is 6.60. The number of aromatic nitrogens is 2. The first kappa shape index (κ1) is 20.8. The van der Waals surface area contributed by atoms with Gasteiger partial charge in [0.25, 0.3) is 0 Å². The standard InChI is InChI=1S/C20H23Br2ClN4/c1-26(2)8-3-9-27-19-12-14(23)5-7-18(19)25-20(27)17(24)11-13-4-6-15(21)16(22)10-13/h4-7,10,12,17H,3,8-9,11,24H2,1-2H3. The van der Waals surface area contributed by atoms with Gasteiger partial charge in [-0.25, -0.2) is 4.98 Å². The predicted octanol–water partition coefficient (Wildman–Crippen LogP) is 5.41. The third-order valence-electron chi connectivity index (χ3n) is 4.50. The van der Waals surface area contributed by atoms with Crippen molar-refractivity contribution in [2.75, 3.05) is 20.6 Å². The Kier molecular flexibility index (Phi) is 6.98. The van der Waals surface area contributed by atoms with E-state index in [0.717, 1.165) is 51.7 Å². The van der Waals surface area contributed by atoms with Crippen LogP contribution in [-0.2, 0) is 13.0 Å². The summed E-state index contributed by atoms with van der Waals surface area (Å²) in [4.78, 5) is 7.02. The largest absolute Gasteiger partial charge is 0.327 e. The van der Waals surface area contributed by atoms with Gasteiger partial charge in [0.15, 0.2) is 0 Å². The van der Waals surface area contributed by atoms with Crippen LogP contribution in [0.25, 0.3) is 11.0 Å². The number of imidazole rings is 1. The monoisotopic (exact) mass is 512 g/mol. The molecule has 0 aliphatic carbocycles. The summed E-state index contributed by atoms with van der Waals surface area (Å²) in [6.07, 6.45) is 1.74. The van der Waals surface area contributed by atoms with Crippen molar-refractivity contribution >= 4 is 54.5 Å². The van der Waals surface area contributed by atoms with E-state index in [2.05, 4.69) is 67.6 Å². The molecule has 1 heterocycles. The number of halogens is 3. The van der Waals surface area contributed by atoms with Crippen molar-refractivity contribution in [3.8, 4) is 0 Å². The van der Waals surface area contributed by atoms with Gasteiger partial charge < -0.3 is 15.2 Å². The highest BCUT2D eigenvalue weighted by Gasteiger charge is 2.18. The van der Waals surface area contributed by atoms with Gasteiger partial charge in [0.2, 0.25) is 0 Å². The molecule has 0 aliphatic heterocycles. The molecule has 2 aromatic carbocycles. The van der Waals surface area contributed by atoms with Crippen molar-refractivity contribution in [2.24, 2.45) is 5.73 Å². The number of fused-ring (bicyclic) bond motifs is 1. The molecule has 3 aromatic rings. The summed E-state index contributed by atoms with van der Waals surface area (Å²) >= 11 is 13.3. The number of hydrogen-bond acceptors (Lipinski definition) is 3. The molecule has 0 spiro atoms. The molecule has 7 heteroatoms. The molecule has 2 N–H and O–H groups in total. The van der Waals surface area contributed by atoms with Crippen molar-refractivity contribution in [1.29, 1.82) is 0 Å². The lowest BCUT2D eigenvalue weighted by Gasteiger charge is -2.16. The van der Waals surface area contributed by atoms with Crippen LogP contribution >= 0.6 is 43.5 Å². The van der Waals surface area contributed by atoms with E-state index in [0.29, 0.717) is 5.02 Å². The Morgan fingerprint density at radius 3 is 2.63 bits per heavy atom. The van der Waals surface area contributed by atoms with Crippen molar-refractivity contribution in [3.05, 3.63) is 61.8 Å². The summed E-state index contributed by atoms with van der Waals surface area (Å²) in [6, 6.07) is 11.8. The van der Waals surface area contributed by atoms with Gasteiger partial charge in [-0.2, -0.15) is 0 Å². The van der Waals surface area contributed by atoms with Crippen LogP contribution in [0, 0.1) is 0 Å². The van der Waals surface area contributed by atoms with E-state index in [4.69, 9.17) is 22.3 Å². The maximum atomic E-state index is 6.60. The fraction of sp³-hybridized carbons (Fsp3) is 0.350. The molecule has 1 unspecified atom stereocenters. The van der Waals surface area contributed by atoms with Crippen LogP contribution in [0.2, 0.25) is 5.02 Å². The SMILES string of the molecule is CN(C)CCCn1c(C(N)Cc2ccc(Br)c(Br)c2)nc2ccc(Cl)cc21. The van der Waals surface area contributed by atoms with Crippen LogP contribution < -0.4 is 5.73 Å². The first-order valence-electron chi connectivity index (χ1n) is 8.85. The van der Waals surface area contributed by atoms with Gasteiger partial charge in [0.05, 0.1) is 17.1 Å². The summed E-state index contributed by atoms with van der Waals surface area (Å²) in [5, 5.41) is 0.716. The van der Waals surface area contributed by atoms with Crippen LogP contribution in [0.1, 0.15) is 23.9 Å². The second kappa shape index (κ2) is 9.05. The average Bonchev–Trinajstić information content (AvgIpc) is 2.96. The fourth-order valence-electron chi connectivity index (χ4n) is 3.19. The lowest BCUT2D eigenvalue weighted by atomic mass is 10.1. The third-order valence-corrected chi connectivity index (χ3v) is 6.61. The van der Waals surface area contributed by atoms with Crippen molar-refractivity contribution in [3.63, 3.8) is 0 Å². The van der Waals surface area contributed by atoms with E-state index in [9.17, 15) is 0 Å². The van der Waals surface area contributed by atoms with E-state index >= 15 is 0 Å². The highest BCUT2D eigenvalue weighted by atomic mass is 79.9. The summed E-state index contributed by atoms with van der Waals surface area (Å²) in [5.41, 5.74) is 9.75. The molecule has 27 heavy (non-hydrogen) atoms. The number of hydrogen-bond donors (Lipinski definition) is 1. The Morgan fingerprint density at radius 2 is 1.93 bits per heavy atom. The van der Waals surface area contributed by atoms with E-state index in [1.165, 1.54) is 5.56 Å². The first-order valence-corrected chi connectivity index (χ1v) is 10.8. The Balaban J connectivity index is 1.92. The molecule has 0 bridgehead atoms. The second-order valence-electron chi connectivity index (χ2n) is 6.97. The van der Waals surface area contributed by atoms with Crippen LogP contribution in [0.15, 0.2) is 45.3 Å². The molecule has 0 saturated carbocycles. The molecule has 0 fully saturated rings. The van der Waals surface area contributed by atoms with Crippen LogP contribution in [0.5, 0.6) is 0 Å². The molecule has 1 atom stereocenters. The third kappa shape index (κ3) is 5.12. The lowest BCUT2D eigenvalue weighted by molar-refractivity contribution is 0.384. The van der Waals surface area contributed by atoms with Crippen molar-refractivity contribution in [1.82, 2.24) is 14.5 Å². The van der Waals surface area contributed by atoms with Gasteiger partial charge in [0, 0.05) is 20.5 Å². The van der Waals surface area contributed by atoms with Gasteiger partial charge in [-0.1, -0.05) is 17.7 Å². The molecule has 1 aromatic heterocycles. The Hall–Kier alpha value is -0.920. The molecule has 0 aliphatic rings. The molecule has 4 nitrogen and oxygen atoms in total. The van der Waals surface area contributed by atoms with E-state index < -0.39 is 0 Å². The zero-order chi connectivity index (χ0) is 19.6. The van der Waals surface area contributed by atoms with E-state index in [-0.39, 0.29) is 6.04 Å². The molecule has 3 rings (SSSR count). The quantitative estimate of drug-likeness (QED) is 0.459. The fourth-order valence-corrected chi connectivity index (χ4v) is 4.03. The van der Waals surface area contributed by atoms with Gasteiger partial charge in [0.1, 0.15) is 5.82 Å². The lowest BCUT2D eigenvalue weighted by Crippen LogP contribution is -2.21. The van der Waals surface area contributed by atoms with Crippen LogP contribution in [0.3, 0.4) is 0 Å². The van der Waals surface area contributed by atoms with Gasteiger partial charge in [-0.3, -0.25) is 0 Å². The summed E-state index contributed by atoms with van der Waals surface area (Å²) in [7, 11) is 4.17. The highest BCUT2D eigenvalue weighted by molar-refractivity contribution is 9.13. The number of aryl methyl sites for hydroxylation is 1. The number of nitrogens with two attached hydrogens (primary N) is 1. The van der Waals surface area contributed by atoms with Gasteiger partial charge >= 0.3 is 0 Å². The molecule has 144 valence electrons. The normalized spacial score (nSPS) is 12.9. The maximum Gasteiger partial charge on any atom is 0.127 e. The number of nitrogens with zero attached hydrogens (tertiary/aromatic N) is 3. The van der Waals surface area contributed by atoms with Crippen molar-refractivity contribution in [2.45, 2.75) is 25.4 Å². The molecular weight excluding hydrogens is 492 g/mol. The van der Waals surface area contributed by atoms with E-state index in [1.54, 1.807) is 0 Å². The Morgan fingerprint density at radius 1 is 1.15 bits per heavy atom. The molecule has 0 amide bonds.